The van der Waals surface area contributed by atoms with Crippen molar-refractivity contribution in [1.29, 1.82) is 0 Å². The summed E-state index contributed by atoms with van der Waals surface area (Å²) in [7, 11) is 0. The molecule has 0 saturated carbocycles. The van der Waals surface area contributed by atoms with Crippen LogP contribution in [0.2, 0.25) is 0 Å². The summed E-state index contributed by atoms with van der Waals surface area (Å²) < 4.78 is 0. The zero-order valence-corrected chi connectivity index (χ0v) is 9.57. The molecule has 0 radical (unpaired) electrons. The monoisotopic (exact) mass is 210 g/mol. The normalized spacial score (nSPS) is 41.3. The first-order chi connectivity index (χ1) is 6.72. The average molecular weight is 210 g/mol. The van der Waals surface area contributed by atoms with Crippen molar-refractivity contribution in [3.05, 3.63) is 0 Å². The van der Waals surface area contributed by atoms with Crippen molar-refractivity contribution >= 4 is 11.8 Å². The van der Waals surface area contributed by atoms with Crippen molar-refractivity contribution in [2.45, 2.75) is 61.5 Å². The lowest BCUT2D eigenvalue weighted by molar-refractivity contribution is 0.0175. The zero-order valence-electron chi connectivity index (χ0n) is 8.75. The molecule has 0 aromatic carbocycles. The van der Waals surface area contributed by atoms with E-state index in [0.29, 0.717) is 16.9 Å². The SMILES string of the molecule is CC#CCC1(O)CC2CCCC(C1)S2. The molecule has 14 heavy (non-hydrogen) atoms. The molecule has 78 valence electrons. The highest BCUT2D eigenvalue weighted by atomic mass is 32.2. The summed E-state index contributed by atoms with van der Waals surface area (Å²) in [5.41, 5.74) is -0.468. The maximum Gasteiger partial charge on any atom is 0.0777 e. The first kappa shape index (κ1) is 10.4. The lowest BCUT2D eigenvalue weighted by atomic mass is 9.83. The highest BCUT2D eigenvalue weighted by Crippen LogP contribution is 2.46. The van der Waals surface area contributed by atoms with Gasteiger partial charge in [0.15, 0.2) is 0 Å². The fraction of sp³-hybridized carbons (Fsp3) is 0.833. The van der Waals surface area contributed by atoms with E-state index < -0.39 is 5.60 Å². The largest absolute Gasteiger partial charge is 0.389 e. The fourth-order valence-electron chi connectivity index (χ4n) is 2.61. The molecule has 2 unspecified atom stereocenters. The maximum atomic E-state index is 10.4. The molecule has 0 spiro atoms. The Morgan fingerprint density at radius 2 is 2.00 bits per heavy atom. The van der Waals surface area contributed by atoms with Crippen molar-refractivity contribution in [2.75, 3.05) is 0 Å². The minimum absolute atomic E-state index is 0.468. The van der Waals surface area contributed by atoms with Gasteiger partial charge in [0.1, 0.15) is 0 Å². The van der Waals surface area contributed by atoms with E-state index >= 15 is 0 Å². The summed E-state index contributed by atoms with van der Waals surface area (Å²) in [6, 6.07) is 0. The van der Waals surface area contributed by atoms with Crippen molar-refractivity contribution in [1.82, 2.24) is 0 Å². The van der Waals surface area contributed by atoms with Crippen LogP contribution in [0.25, 0.3) is 0 Å². The Morgan fingerprint density at radius 1 is 1.36 bits per heavy atom. The van der Waals surface area contributed by atoms with Crippen LogP contribution in [0.15, 0.2) is 0 Å². The molecule has 2 bridgehead atoms. The van der Waals surface area contributed by atoms with Gasteiger partial charge in [0.05, 0.1) is 5.60 Å². The van der Waals surface area contributed by atoms with Gasteiger partial charge in [-0.1, -0.05) is 6.42 Å². The second-order valence-corrected chi connectivity index (χ2v) is 6.15. The molecule has 1 nitrogen and oxygen atoms in total. The Hall–Kier alpha value is -0.130. The zero-order chi connectivity index (χ0) is 10.0. The minimum Gasteiger partial charge on any atom is -0.389 e. The molecule has 2 aliphatic rings. The van der Waals surface area contributed by atoms with Gasteiger partial charge < -0.3 is 5.11 Å². The highest BCUT2D eigenvalue weighted by molar-refractivity contribution is 8.00. The van der Waals surface area contributed by atoms with Crippen LogP contribution in [0.3, 0.4) is 0 Å². The minimum atomic E-state index is -0.468. The van der Waals surface area contributed by atoms with Crippen LogP contribution >= 0.6 is 11.8 Å². The van der Waals surface area contributed by atoms with Gasteiger partial charge in [-0.05, 0) is 32.6 Å². The van der Waals surface area contributed by atoms with Crippen molar-refractivity contribution in [3.63, 3.8) is 0 Å². The van der Waals surface area contributed by atoms with E-state index in [9.17, 15) is 5.11 Å². The topological polar surface area (TPSA) is 20.2 Å². The number of aliphatic hydroxyl groups is 1. The molecule has 2 aliphatic heterocycles. The molecule has 2 heterocycles. The van der Waals surface area contributed by atoms with Crippen molar-refractivity contribution in [2.24, 2.45) is 0 Å². The van der Waals surface area contributed by atoms with Gasteiger partial charge in [-0.25, -0.2) is 0 Å². The highest BCUT2D eigenvalue weighted by Gasteiger charge is 2.40. The Bertz CT molecular complexity index is 251. The Morgan fingerprint density at radius 3 is 2.57 bits per heavy atom. The molecule has 2 saturated heterocycles. The van der Waals surface area contributed by atoms with Gasteiger partial charge in [0, 0.05) is 16.9 Å². The van der Waals surface area contributed by atoms with Gasteiger partial charge in [-0.2, -0.15) is 11.8 Å². The van der Waals surface area contributed by atoms with Gasteiger partial charge in [0.25, 0.3) is 0 Å². The predicted molar refractivity (Wildman–Crippen MR) is 61.3 cm³/mol. The second-order valence-electron chi connectivity index (χ2n) is 4.55. The second kappa shape index (κ2) is 4.16. The van der Waals surface area contributed by atoms with E-state index in [4.69, 9.17) is 0 Å². The Kier molecular flexibility index (Phi) is 3.09. The number of rotatable bonds is 1. The third-order valence-electron chi connectivity index (χ3n) is 3.25. The van der Waals surface area contributed by atoms with E-state index in [1.807, 2.05) is 6.92 Å². The Labute approximate surface area is 90.7 Å². The van der Waals surface area contributed by atoms with Crippen LogP contribution in [0.1, 0.15) is 45.4 Å². The van der Waals surface area contributed by atoms with E-state index in [0.717, 1.165) is 12.8 Å². The molecule has 2 fully saturated rings. The molecule has 0 aliphatic carbocycles. The molecule has 0 aromatic heterocycles. The molecule has 2 rings (SSSR count). The smallest absolute Gasteiger partial charge is 0.0777 e. The van der Waals surface area contributed by atoms with E-state index in [-0.39, 0.29) is 0 Å². The molecular weight excluding hydrogens is 192 g/mol. The average Bonchev–Trinajstić information content (AvgIpc) is 2.14. The lowest BCUT2D eigenvalue weighted by Gasteiger charge is -2.43. The van der Waals surface area contributed by atoms with Gasteiger partial charge in [-0.3, -0.25) is 0 Å². The molecular formula is C12H18OS. The first-order valence-electron chi connectivity index (χ1n) is 5.49. The van der Waals surface area contributed by atoms with Crippen molar-refractivity contribution in [3.8, 4) is 11.8 Å². The lowest BCUT2D eigenvalue weighted by Crippen LogP contribution is -2.42. The van der Waals surface area contributed by atoms with E-state index in [1.54, 1.807) is 0 Å². The van der Waals surface area contributed by atoms with Gasteiger partial charge >= 0.3 is 0 Å². The number of hydrogen-bond acceptors (Lipinski definition) is 2. The van der Waals surface area contributed by atoms with Crippen molar-refractivity contribution < 1.29 is 5.11 Å². The van der Waals surface area contributed by atoms with Gasteiger partial charge in [0.2, 0.25) is 0 Å². The van der Waals surface area contributed by atoms with E-state index in [1.165, 1.54) is 19.3 Å². The number of fused-ring (bicyclic) bond motifs is 2. The molecule has 0 amide bonds. The summed E-state index contributed by atoms with van der Waals surface area (Å²) in [5.74, 6) is 5.93. The van der Waals surface area contributed by atoms with Crippen LogP contribution in [-0.2, 0) is 0 Å². The first-order valence-corrected chi connectivity index (χ1v) is 6.44. The van der Waals surface area contributed by atoms with E-state index in [2.05, 4.69) is 23.6 Å². The third kappa shape index (κ3) is 2.27. The summed E-state index contributed by atoms with van der Waals surface area (Å²) in [6.07, 6.45) is 6.55. The quantitative estimate of drug-likeness (QED) is 0.671. The van der Waals surface area contributed by atoms with Crippen LogP contribution in [0, 0.1) is 11.8 Å². The van der Waals surface area contributed by atoms with Gasteiger partial charge in [-0.15, -0.1) is 11.8 Å². The molecule has 2 heteroatoms. The summed E-state index contributed by atoms with van der Waals surface area (Å²) in [6.45, 7) is 1.85. The molecule has 1 N–H and O–H groups in total. The fourth-order valence-corrected chi connectivity index (χ4v) is 4.57. The third-order valence-corrected chi connectivity index (χ3v) is 4.82. The predicted octanol–water partition coefficient (Wildman–Crippen LogP) is 2.58. The standard InChI is InChI=1S/C12H18OS/c1-2-3-7-12(13)8-10-5-4-6-11(9-12)14-10/h10-11,13H,4-9H2,1H3. The number of hydrogen-bond donors (Lipinski definition) is 1. The maximum absolute atomic E-state index is 10.4. The van der Waals surface area contributed by atoms with Crippen LogP contribution in [-0.4, -0.2) is 21.2 Å². The number of thioether (sulfide) groups is 1. The van der Waals surface area contributed by atoms with Crippen LogP contribution in [0.4, 0.5) is 0 Å². The molecule has 0 aromatic rings. The van der Waals surface area contributed by atoms with Crippen LogP contribution in [0.5, 0.6) is 0 Å². The summed E-state index contributed by atoms with van der Waals surface area (Å²) >= 11 is 2.10. The Balaban J connectivity index is 2.01. The summed E-state index contributed by atoms with van der Waals surface area (Å²) in [4.78, 5) is 0. The summed E-state index contributed by atoms with van der Waals surface area (Å²) in [5, 5.41) is 11.8. The van der Waals surface area contributed by atoms with Crippen LogP contribution < -0.4 is 0 Å². The molecule has 2 atom stereocenters.